The van der Waals surface area contributed by atoms with Crippen LogP contribution in [0.5, 0.6) is 0 Å². The van der Waals surface area contributed by atoms with E-state index in [-0.39, 0.29) is 0 Å². The zero-order chi connectivity index (χ0) is 11.5. The summed E-state index contributed by atoms with van der Waals surface area (Å²) in [4.78, 5) is 6.55. The fraction of sp³-hybridized carbons (Fsp3) is 0.583. The van der Waals surface area contributed by atoms with Crippen LogP contribution in [-0.4, -0.2) is 35.1 Å². The molecule has 0 aromatic carbocycles. The van der Waals surface area contributed by atoms with Crippen molar-refractivity contribution < 1.29 is 0 Å². The summed E-state index contributed by atoms with van der Waals surface area (Å²) >= 11 is 5.75. The van der Waals surface area contributed by atoms with Crippen molar-refractivity contribution in [2.75, 3.05) is 18.4 Å². The normalized spacial score (nSPS) is 21.6. The SMILES string of the molecule is CC(C)N1CCC(Nc2ccc(Cl)nc2)C1. The van der Waals surface area contributed by atoms with Crippen LogP contribution in [0.3, 0.4) is 0 Å². The first kappa shape index (κ1) is 11.7. The minimum Gasteiger partial charge on any atom is -0.380 e. The molecule has 1 saturated heterocycles. The van der Waals surface area contributed by atoms with Gasteiger partial charge in [-0.2, -0.15) is 0 Å². The lowest BCUT2D eigenvalue weighted by Crippen LogP contribution is -2.31. The van der Waals surface area contributed by atoms with Gasteiger partial charge in [-0.05, 0) is 32.4 Å². The molecule has 0 bridgehead atoms. The summed E-state index contributed by atoms with van der Waals surface area (Å²) < 4.78 is 0. The van der Waals surface area contributed by atoms with Crippen LogP contribution >= 0.6 is 11.6 Å². The van der Waals surface area contributed by atoms with Crippen LogP contribution in [0.2, 0.25) is 5.15 Å². The molecule has 88 valence electrons. The molecule has 1 N–H and O–H groups in total. The summed E-state index contributed by atoms with van der Waals surface area (Å²) in [5.74, 6) is 0. The highest BCUT2D eigenvalue weighted by atomic mass is 35.5. The Kier molecular flexibility index (Phi) is 3.66. The lowest BCUT2D eigenvalue weighted by Gasteiger charge is -2.20. The first-order chi connectivity index (χ1) is 7.65. The first-order valence-corrected chi connectivity index (χ1v) is 6.15. The summed E-state index contributed by atoms with van der Waals surface area (Å²) in [6.45, 7) is 6.77. The number of rotatable bonds is 3. The number of pyridine rings is 1. The van der Waals surface area contributed by atoms with E-state index in [1.807, 2.05) is 12.1 Å². The van der Waals surface area contributed by atoms with Crippen LogP contribution in [0.1, 0.15) is 20.3 Å². The second kappa shape index (κ2) is 5.02. The Labute approximate surface area is 102 Å². The second-order valence-corrected chi connectivity index (χ2v) is 4.98. The van der Waals surface area contributed by atoms with Crippen molar-refractivity contribution in [3.05, 3.63) is 23.5 Å². The minimum atomic E-state index is 0.533. The summed E-state index contributed by atoms with van der Waals surface area (Å²) in [6, 6.07) is 4.97. The van der Waals surface area contributed by atoms with Crippen molar-refractivity contribution in [2.45, 2.75) is 32.4 Å². The standard InChI is InChI=1S/C12H18ClN3/c1-9(2)16-6-5-11(8-16)15-10-3-4-12(13)14-7-10/h3-4,7,9,11,15H,5-6,8H2,1-2H3. The van der Waals surface area contributed by atoms with Gasteiger partial charge in [-0.15, -0.1) is 0 Å². The van der Waals surface area contributed by atoms with Gasteiger partial charge in [-0.1, -0.05) is 11.6 Å². The van der Waals surface area contributed by atoms with E-state index >= 15 is 0 Å². The molecule has 0 saturated carbocycles. The molecule has 1 fully saturated rings. The summed E-state index contributed by atoms with van der Waals surface area (Å²) in [5, 5.41) is 4.03. The van der Waals surface area contributed by atoms with E-state index < -0.39 is 0 Å². The molecule has 1 aromatic rings. The molecule has 3 nitrogen and oxygen atoms in total. The zero-order valence-electron chi connectivity index (χ0n) is 9.78. The topological polar surface area (TPSA) is 28.2 Å². The molecule has 1 aliphatic heterocycles. The maximum absolute atomic E-state index is 5.75. The first-order valence-electron chi connectivity index (χ1n) is 5.77. The van der Waals surface area contributed by atoms with E-state index in [0.29, 0.717) is 17.2 Å². The van der Waals surface area contributed by atoms with Gasteiger partial charge in [0, 0.05) is 25.2 Å². The lowest BCUT2D eigenvalue weighted by molar-refractivity contribution is 0.274. The van der Waals surface area contributed by atoms with E-state index in [9.17, 15) is 0 Å². The molecule has 1 aliphatic rings. The van der Waals surface area contributed by atoms with Crippen LogP contribution in [0.25, 0.3) is 0 Å². The number of likely N-dealkylation sites (tertiary alicyclic amines) is 1. The molecule has 0 radical (unpaired) electrons. The number of aromatic nitrogens is 1. The highest BCUT2D eigenvalue weighted by Gasteiger charge is 2.23. The van der Waals surface area contributed by atoms with Crippen molar-refractivity contribution in [3.8, 4) is 0 Å². The highest BCUT2D eigenvalue weighted by molar-refractivity contribution is 6.29. The van der Waals surface area contributed by atoms with Crippen LogP contribution in [0, 0.1) is 0 Å². The van der Waals surface area contributed by atoms with Gasteiger partial charge >= 0.3 is 0 Å². The summed E-state index contributed by atoms with van der Waals surface area (Å²) in [7, 11) is 0. The average molecular weight is 240 g/mol. The second-order valence-electron chi connectivity index (χ2n) is 4.59. The number of hydrogen-bond acceptors (Lipinski definition) is 3. The minimum absolute atomic E-state index is 0.533. The van der Waals surface area contributed by atoms with Crippen molar-refractivity contribution in [2.24, 2.45) is 0 Å². The van der Waals surface area contributed by atoms with E-state index in [2.05, 4.69) is 29.0 Å². The Morgan fingerprint density at radius 1 is 1.50 bits per heavy atom. The summed E-state index contributed by atoms with van der Waals surface area (Å²) in [5.41, 5.74) is 1.06. The Morgan fingerprint density at radius 2 is 2.31 bits per heavy atom. The van der Waals surface area contributed by atoms with Crippen LogP contribution < -0.4 is 5.32 Å². The molecule has 0 amide bonds. The van der Waals surface area contributed by atoms with Crippen LogP contribution in [0.4, 0.5) is 5.69 Å². The molecule has 1 aromatic heterocycles. The molecule has 2 rings (SSSR count). The largest absolute Gasteiger partial charge is 0.380 e. The smallest absolute Gasteiger partial charge is 0.129 e. The van der Waals surface area contributed by atoms with Gasteiger partial charge in [0.15, 0.2) is 0 Å². The predicted molar refractivity (Wildman–Crippen MR) is 68.0 cm³/mol. The van der Waals surface area contributed by atoms with Crippen molar-refractivity contribution in [1.29, 1.82) is 0 Å². The zero-order valence-corrected chi connectivity index (χ0v) is 10.5. The third-order valence-electron chi connectivity index (χ3n) is 3.05. The fourth-order valence-corrected chi connectivity index (χ4v) is 2.18. The quantitative estimate of drug-likeness (QED) is 0.822. The summed E-state index contributed by atoms with van der Waals surface area (Å²) in [6.07, 6.45) is 2.99. The third kappa shape index (κ3) is 2.86. The maximum atomic E-state index is 5.75. The molecule has 2 heterocycles. The molecule has 0 aliphatic carbocycles. The van der Waals surface area contributed by atoms with Crippen LogP contribution in [-0.2, 0) is 0 Å². The van der Waals surface area contributed by atoms with E-state index in [4.69, 9.17) is 11.6 Å². The van der Waals surface area contributed by atoms with E-state index in [1.54, 1.807) is 6.20 Å². The van der Waals surface area contributed by atoms with E-state index in [0.717, 1.165) is 12.2 Å². The van der Waals surface area contributed by atoms with Crippen molar-refractivity contribution in [1.82, 2.24) is 9.88 Å². The van der Waals surface area contributed by atoms with Gasteiger partial charge in [0.05, 0.1) is 11.9 Å². The van der Waals surface area contributed by atoms with Crippen LogP contribution in [0.15, 0.2) is 18.3 Å². The van der Waals surface area contributed by atoms with Gasteiger partial charge < -0.3 is 5.32 Å². The van der Waals surface area contributed by atoms with Gasteiger partial charge in [0.2, 0.25) is 0 Å². The molecular formula is C12H18ClN3. The van der Waals surface area contributed by atoms with Gasteiger partial charge in [-0.25, -0.2) is 4.98 Å². The number of anilines is 1. The van der Waals surface area contributed by atoms with Gasteiger partial charge in [-0.3, -0.25) is 4.90 Å². The van der Waals surface area contributed by atoms with Crippen molar-refractivity contribution in [3.63, 3.8) is 0 Å². The predicted octanol–water partition coefficient (Wildman–Crippen LogP) is 2.63. The Morgan fingerprint density at radius 3 is 2.88 bits per heavy atom. The Hall–Kier alpha value is -0.800. The van der Waals surface area contributed by atoms with E-state index in [1.165, 1.54) is 13.0 Å². The molecule has 1 atom stereocenters. The number of hydrogen-bond donors (Lipinski definition) is 1. The Bertz CT molecular complexity index is 337. The van der Waals surface area contributed by atoms with Crippen molar-refractivity contribution >= 4 is 17.3 Å². The molecule has 0 spiro atoms. The number of nitrogens with one attached hydrogen (secondary N) is 1. The molecular weight excluding hydrogens is 222 g/mol. The van der Waals surface area contributed by atoms with Gasteiger partial charge in [0.1, 0.15) is 5.15 Å². The lowest BCUT2D eigenvalue weighted by atomic mass is 10.2. The Balaban J connectivity index is 1.89. The number of halogens is 1. The molecule has 4 heteroatoms. The van der Waals surface area contributed by atoms with Gasteiger partial charge in [0.25, 0.3) is 0 Å². The number of nitrogens with zero attached hydrogens (tertiary/aromatic N) is 2. The average Bonchev–Trinajstić information content (AvgIpc) is 2.70. The third-order valence-corrected chi connectivity index (χ3v) is 3.27. The maximum Gasteiger partial charge on any atom is 0.129 e. The fourth-order valence-electron chi connectivity index (χ4n) is 2.07. The molecule has 1 unspecified atom stereocenters. The molecule has 16 heavy (non-hydrogen) atoms. The highest BCUT2D eigenvalue weighted by Crippen LogP contribution is 2.17. The monoisotopic (exact) mass is 239 g/mol.